The van der Waals surface area contributed by atoms with Crippen molar-refractivity contribution >= 4 is 11.3 Å². The predicted molar refractivity (Wildman–Crippen MR) is 71.3 cm³/mol. The lowest BCUT2D eigenvalue weighted by atomic mass is 9.98. The summed E-state index contributed by atoms with van der Waals surface area (Å²) in [4.78, 5) is 2.15. The molecule has 0 aliphatic heterocycles. The van der Waals surface area contributed by atoms with Gasteiger partial charge in [-0.05, 0) is 43.2 Å². The standard InChI is InChI=1S/C14H14F3NS/c1-8-6-12(9(2)19-8)13(18)10-4-3-5-11(7-10)14(15,16)17/h3-7,13H,18H2,1-2H3. The molecule has 0 bridgehead atoms. The van der Waals surface area contributed by atoms with Gasteiger partial charge in [-0.3, -0.25) is 0 Å². The molecule has 0 radical (unpaired) electrons. The van der Waals surface area contributed by atoms with Crippen LogP contribution in [0.2, 0.25) is 0 Å². The highest BCUT2D eigenvalue weighted by Crippen LogP contribution is 2.33. The fourth-order valence-electron chi connectivity index (χ4n) is 2.05. The minimum absolute atomic E-state index is 0.482. The molecule has 0 spiro atoms. The van der Waals surface area contributed by atoms with E-state index in [1.54, 1.807) is 17.4 Å². The van der Waals surface area contributed by atoms with Gasteiger partial charge in [0.1, 0.15) is 0 Å². The Bertz CT molecular complexity index is 587. The largest absolute Gasteiger partial charge is 0.416 e. The van der Waals surface area contributed by atoms with Crippen LogP contribution in [0, 0.1) is 13.8 Å². The third kappa shape index (κ3) is 2.98. The number of thiophene rings is 1. The smallest absolute Gasteiger partial charge is 0.320 e. The van der Waals surface area contributed by atoms with E-state index in [1.807, 2.05) is 19.9 Å². The Morgan fingerprint density at radius 2 is 1.84 bits per heavy atom. The molecule has 1 atom stereocenters. The van der Waals surface area contributed by atoms with Crippen molar-refractivity contribution in [1.29, 1.82) is 0 Å². The summed E-state index contributed by atoms with van der Waals surface area (Å²) in [7, 11) is 0. The second-order valence-electron chi connectivity index (χ2n) is 4.47. The third-order valence-electron chi connectivity index (χ3n) is 2.99. The second-order valence-corrected chi connectivity index (χ2v) is 5.93. The molecule has 1 heterocycles. The molecule has 1 aromatic carbocycles. The molecule has 0 fully saturated rings. The molecule has 1 aromatic heterocycles. The summed E-state index contributed by atoms with van der Waals surface area (Å²) in [5, 5.41) is 0. The Balaban J connectivity index is 2.39. The Morgan fingerprint density at radius 1 is 1.16 bits per heavy atom. The van der Waals surface area contributed by atoms with Gasteiger partial charge in [-0.1, -0.05) is 12.1 Å². The van der Waals surface area contributed by atoms with E-state index in [4.69, 9.17) is 5.73 Å². The first-order chi connectivity index (χ1) is 8.79. The molecule has 19 heavy (non-hydrogen) atoms. The summed E-state index contributed by atoms with van der Waals surface area (Å²) in [6, 6.07) is 6.62. The summed E-state index contributed by atoms with van der Waals surface area (Å²) in [5.74, 6) is 0. The molecule has 5 heteroatoms. The summed E-state index contributed by atoms with van der Waals surface area (Å²) in [6.45, 7) is 3.89. The van der Waals surface area contributed by atoms with Crippen LogP contribution in [0.1, 0.15) is 32.5 Å². The van der Waals surface area contributed by atoms with Gasteiger partial charge in [0.15, 0.2) is 0 Å². The van der Waals surface area contributed by atoms with Crippen LogP contribution in [0.25, 0.3) is 0 Å². The molecule has 0 saturated heterocycles. The number of alkyl halides is 3. The molecule has 0 amide bonds. The number of benzene rings is 1. The van der Waals surface area contributed by atoms with E-state index in [2.05, 4.69) is 0 Å². The Morgan fingerprint density at radius 3 is 2.37 bits per heavy atom. The van der Waals surface area contributed by atoms with E-state index in [0.29, 0.717) is 5.56 Å². The highest BCUT2D eigenvalue weighted by molar-refractivity contribution is 7.12. The molecule has 0 saturated carbocycles. The zero-order chi connectivity index (χ0) is 14.2. The number of rotatable bonds is 2. The Hall–Kier alpha value is -1.33. The second kappa shape index (κ2) is 4.98. The predicted octanol–water partition coefficient (Wildman–Crippen LogP) is 4.43. The first-order valence-electron chi connectivity index (χ1n) is 5.78. The Kier molecular flexibility index (Phi) is 3.69. The van der Waals surface area contributed by atoms with Crippen LogP contribution in [0.3, 0.4) is 0 Å². The molecular formula is C14H14F3NS. The third-order valence-corrected chi connectivity index (χ3v) is 3.97. The first-order valence-corrected chi connectivity index (χ1v) is 6.60. The molecule has 0 aliphatic rings. The lowest BCUT2D eigenvalue weighted by molar-refractivity contribution is -0.137. The van der Waals surface area contributed by atoms with Crippen LogP contribution in [0.5, 0.6) is 0 Å². The van der Waals surface area contributed by atoms with Crippen LogP contribution in [-0.2, 0) is 6.18 Å². The van der Waals surface area contributed by atoms with Gasteiger partial charge >= 0.3 is 6.18 Å². The average Bonchev–Trinajstić information content (AvgIpc) is 2.66. The van der Waals surface area contributed by atoms with Crippen molar-refractivity contribution in [3.05, 3.63) is 56.8 Å². The molecule has 2 rings (SSSR count). The number of nitrogens with two attached hydrogens (primary N) is 1. The molecular weight excluding hydrogens is 271 g/mol. The minimum atomic E-state index is -4.34. The molecule has 2 N–H and O–H groups in total. The van der Waals surface area contributed by atoms with Crippen molar-refractivity contribution in [2.24, 2.45) is 5.73 Å². The zero-order valence-corrected chi connectivity index (χ0v) is 11.4. The molecule has 102 valence electrons. The summed E-state index contributed by atoms with van der Waals surface area (Å²) >= 11 is 1.60. The summed E-state index contributed by atoms with van der Waals surface area (Å²) in [5.41, 5.74) is 6.79. The number of hydrogen-bond acceptors (Lipinski definition) is 2. The van der Waals surface area contributed by atoms with Gasteiger partial charge in [-0.2, -0.15) is 13.2 Å². The quantitative estimate of drug-likeness (QED) is 0.867. The van der Waals surface area contributed by atoms with E-state index >= 15 is 0 Å². The lowest BCUT2D eigenvalue weighted by Gasteiger charge is -2.14. The number of halogens is 3. The molecule has 2 aromatic rings. The van der Waals surface area contributed by atoms with Crippen molar-refractivity contribution in [3.8, 4) is 0 Å². The fraction of sp³-hybridized carbons (Fsp3) is 0.286. The topological polar surface area (TPSA) is 26.0 Å². The van der Waals surface area contributed by atoms with Crippen molar-refractivity contribution in [2.45, 2.75) is 26.1 Å². The number of aryl methyl sites for hydroxylation is 2. The molecule has 0 aliphatic carbocycles. The maximum atomic E-state index is 12.7. The normalized spacial score (nSPS) is 13.6. The van der Waals surface area contributed by atoms with Gasteiger partial charge in [-0.25, -0.2) is 0 Å². The van der Waals surface area contributed by atoms with Crippen LogP contribution < -0.4 is 5.73 Å². The first kappa shape index (κ1) is 14.1. The van der Waals surface area contributed by atoms with Gasteiger partial charge in [0.25, 0.3) is 0 Å². The van der Waals surface area contributed by atoms with Crippen LogP contribution >= 0.6 is 11.3 Å². The Labute approximate surface area is 113 Å². The molecule has 1 unspecified atom stereocenters. The van der Waals surface area contributed by atoms with Gasteiger partial charge in [0.2, 0.25) is 0 Å². The SMILES string of the molecule is Cc1cc(C(N)c2cccc(C(F)(F)F)c2)c(C)s1. The maximum absolute atomic E-state index is 12.7. The monoisotopic (exact) mass is 285 g/mol. The highest BCUT2D eigenvalue weighted by atomic mass is 32.1. The van der Waals surface area contributed by atoms with Crippen molar-refractivity contribution in [3.63, 3.8) is 0 Å². The van der Waals surface area contributed by atoms with Crippen LogP contribution in [0.4, 0.5) is 13.2 Å². The van der Waals surface area contributed by atoms with Gasteiger partial charge in [0, 0.05) is 9.75 Å². The van der Waals surface area contributed by atoms with Crippen molar-refractivity contribution in [2.75, 3.05) is 0 Å². The fourth-order valence-corrected chi connectivity index (χ4v) is 3.02. The lowest BCUT2D eigenvalue weighted by Crippen LogP contribution is -2.14. The maximum Gasteiger partial charge on any atom is 0.416 e. The van der Waals surface area contributed by atoms with E-state index in [1.165, 1.54) is 6.07 Å². The average molecular weight is 285 g/mol. The van der Waals surface area contributed by atoms with E-state index in [0.717, 1.165) is 27.5 Å². The van der Waals surface area contributed by atoms with E-state index in [9.17, 15) is 13.2 Å². The summed E-state index contributed by atoms with van der Waals surface area (Å²) < 4.78 is 38.0. The molecule has 1 nitrogen and oxygen atoms in total. The van der Waals surface area contributed by atoms with Crippen molar-refractivity contribution < 1.29 is 13.2 Å². The van der Waals surface area contributed by atoms with Crippen LogP contribution in [-0.4, -0.2) is 0 Å². The van der Waals surface area contributed by atoms with Crippen LogP contribution in [0.15, 0.2) is 30.3 Å². The summed E-state index contributed by atoms with van der Waals surface area (Å²) in [6.07, 6.45) is -4.34. The zero-order valence-electron chi connectivity index (χ0n) is 10.6. The van der Waals surface area contributed by atoms with Crippen molar-refractivity contribution in [1.82, 2.24) is 0 Å². The highest BCUT2D eigenvalue weighted by Gasteiger charge is 2.31. The number of hydrogen-bond donors (Lipinski definition) is 1. The van der Waals surface area contributed by atoms with Gasteiger partial charge in [0.05, 0.1) is 11.6 Å². The van der Waals surface area contributed by atoms with Gasteiger partial charge in [-0.15, -0.1) is 11.3 Å². The van der Waals surface area contributed by atoms with Gasteiger partial charge < -0.3 is 5.73 Å². The van der Waals surface area contributed by atoms with E-state index < -0.39 is 17.8 Å². The van der Waals surface area contributed by atoms with E-state index in [-0.39, 0.29) is 0 Å². The minimum Gasteiger partial charge on any atom is -0.320 e.